The van der Waals surface area contributed by atoms with Gasteiger partial charge in [0.15, 0.2) is 18.5 Å². The minimum Gasteiger partial charge on any atom is -0.349 e. The first kappa shape index (κ1) is 12.6. The molecule has 1 aliphatic heterocycles. The summed E-state index contributed by atoms with van der Waals surface area (Å²) in [5.41, 5.74) is -1.54. The molecule has 8 nitrogen and oxygen atoms in total. The zero-order chi connectivity index (χ0) is 14.9. The third kappa shape index (κ3) is 2.79. The van der Waals surface area contributed by atoms with Crippen molar-refractivity contribution in [3.05, 3.63) is 33.1 Å². The second kappa shape index (κ2) is 5.30. The number of aromatic amines is 1. The van der Waals surface area contributed by atoms with E-state index in [0.29, 0.717) is 0 Å². The highest BCUT2D eigenvalue weighted by atomic mass is 31.1. The van der Waals surface area contributed by atoms with Crippen molar-refractivity contribution in [2.45, 2.75) is 31.5 Å². The Labute approximate surface area is 108 Å². The molecule has 5 unspecified atom stereocenters. The lowest BCUT2D eigenvalue weighted by molar-refractivity contribution is -0.0176. The third-order valence-electron chi connectivity index (χ3n) is 2.60. The summed E-state index contributed by atoms with van der Waals surface area (Å²) in [6.07, 6.45) is -4.86. The Kier molecular flexibility index (Phi) is 3.52. The Morgan fingerprint density at radius 2 is 2.42 bits per heavy atom. The number of halogens is 1. The molecule has 2 N–H and O–H groups in total. The van der Waals surface area contributed by atoms with E-state index in [1.54, 1.807) is 0 Å². The Balaban J connectivity index is 2.32. The first-order valence-electron chi connectivity index (χ1n) is 5.88. The molecule has 0 saturated carbocycles. The molecule has 104 valence electrons. The number of nitrogens with one attached hydrogen (secondary N) is 1. The number of rotatable bonds is 3. The van der Waals surface area contributed by atoms with Gasteiger partial charge in [-0.15, -0.1) is 9.42 Å². The van der Waals surface area contributed by atoms with E-state index in [1.807, 2.05) is 4.98 Å². The number of aromatic nitrogens is 2. The molecular weight excluding hydrogens is 282 g/mol. The smallest absolute Gasteiger partial charge is 0.349 e. The van der Waals surface area contributed by atoms with E-state index >= 15 is 0 Å². The van der Waals surface area contributed by atoms with Crippen molar-refractivity contribution < 1.29 is 24.5 Å². The zero-order valence-corrected chi connectivity index (χ0v) is 10.3. The van der Waals surface area contributed by atoms with E-state index in [0.717, 1.165) is 16.8 Å². The van der Waals surface area contributed by atoms with Gasteiger partial charge in [-0.1, -0.05) is 0 Å². The molecule has 2 heterocycles. The molecule has 1 fully saturated rings. The van der Waals surface area contributed by atoms with Crippen LogP contribution in [0.1, 0.15) is 14.5 Å². The Hall–Kier alpha value is -1.41. The SMILES string of the molecule is [2H]CC1OC(n2ccc(=O)[nH]c2=O)C(F)C1O[P+](=O)O. The number of alkyl halides is 1. The van der Waals surface area contributed by atoms with Crippen molar-refractivity contribution in [3.8, 4) is 0 Å². The molecular formula is C9H11FN2O6P+. The second-order valence-electron chi connectivity index (χ2n) is 3.83. The van der Waals surface area contributed by atoms with Crippen LogP contribution in [0.3, 0.4) is 0 Å². The summed E-state index contributed by atoms with van der Waals surface area (Å²) in [7, 11) is -3.07. The molecule has 1 aromatic rings. The molecule has 2 rings (SSSR count). The maximum atomic E-state index is 14.2. The summed E-state index contributed by atoms with van der Waals surface area (Å²) in [6, 6.07) is 1.01. The number of ether oxygens (including phenoxy) is 1. The van der Waals surface area contributed by atoms with E-state index in [4.69, 9.17) is 11.0 Å². The van der Waals surface area contributed by atoms with Crippen molar-refractivity contribution in [3.63, 3.8) is 0 Å². The van der Waals surface area contributed by atoms with Gasteiger partial charge in [0, 0.05) is 18.2 Å². The highest BCUT2D eigenvalue weighted by Crippen LogP contribution is 2.36. The second-order valence-corrected chi connectivity index (χ2v) is 4.52. The van der Waals surface area contributed by atoms with Crippen molar-refractivity contribution in [2.75, 3.05) is 0 Å². The topological polar surface area (TPSA) is 111 Å². The van der Waals surface area contributed by atoms with Crippen LogP contribution < -0.4 is 11.2 Å². The van der Waals surface area contributed by atoms with E-state index in [1.165, 1.54) is 0 Å². The van der Waals surface area contributed by atoms with Gasteiger partial charge in [-0.05, 0) is 6.90 Å². The van der Waals surface area contributed by atoms with Gasteiger partial charge in [-0.3, -0.25) is 14.3 Å². The number of hydrogen-bond donors (Lipinski definition) is 2. The normalized spacial score (nSPS) is 32.1. The average molecular weight is 294 g/mol. The molecule has 0 spiro atoms. The van der Waals surface area contributed by atoms with Crippen LogP contribution in [0.15, 0.2) is 21.9 Å². The lowest BCUT2D eigenvalue weighted by Gasteiger charge is -2.14. The van der Waals surface area contributed by atoms with Gasteiger partial charge in [-0.2, -0.15) is 0 Å². The van der Waals surface area contributed by atoms with E-state index in [-0.39, 0.29) is 0 Å². The summed E-state index contributed by atoms with van der Waals surface area (Å²) in [6.45, 7) is -0.414. The van der Waals surface area contributed by atoms with E-state index < -0.39 is 51.0 Å². The monoisotopic (exact) mass is 294 g/mol. The summed E-state index contributed by atoms with van der Waals surface area (Å²) in [4.78, 5) is 33.1. The summed E-state index contributed by atoms with van der Waals surface area (Å²) < 4.78 is 42.5. The third-order valence-corrected chi connectivity index (χ3v) is 3.03. The van der Waals surface area contributed by atoms with Crippen LogP contribution >= 0.6 is 8.25 Å². The zero-order valence-electron chi connectivity index (χ0n) is 10.4. The average Bonchev–Trinajstić information content (AvgIpc) is 2.67. The van der Waals surface area contributed by atoms with E-state index in [9.17, 15) is 18.5 Å². The van der Waals surface area contributed by atoms with Gasteiger partial charge in [0.25, 0.3) is 5.56 Å². The highest BCUT2D eigenvalue weighted by molar-refractivity contribution is 7.32. The summed E-state index contributed by atoms with van der Waals surface area (Å²) in [5.74, 6) is 0. The fourth-order valence-electron chi connectivity index (χ4n) is 1.78. The van der Waals surface area contributed by atoms with Crippen LogP contribution in [0, 0.1) is 0 Å². The number of hydrogen-bond acceptors (Lipinski definition) is 5. The van der Waals surface area contributed by atoms with Crippen LogP contribution in [0.5, 0.6) is 0 Å². The van der Waals surface area contributed by atoms with Crippen LogP contribution in [0.2, 0.25) is 0 Å². The lowest BCUT2D eigenvalue weighted by Crippen LogP contribution is -2.35. The van der Waals surface area contributed by atoms with Crippen molar-refractivity contribution >= 4 is 8.25 Å². The molecule has 10 heteroatoms. The van der Waals surface area contributed by atoms with Crippen LogP contribution in [0.25, 0.3) is 0 Å². The van der Waals surface area contributed by atoms with Gasteiger partial charge in [0.2, 0.25) is 0 Å². The van der Waals surface area contributed by atoms with Crippen LogP contribution in [0.4, 0.5) is 4.39 Å². The molecule has 19 heavy (non-hydrogen) atoms. The maximum absolute atomic E-state index is 14.2. The Morgan fingerprint density at radius 3 is 3.00 bits per heavy atom. The van der Waals surface area contributed by atoms with Gasteiger partial charge < -0.3 is 4.74 Å². The van der Waals surface area contributed by atoms with Crippen molar-refractivity contribution in [2.24, 2.45) is 0 Å². The van der Waals surface area contributed by atoms with Gasteiger partial charge in [0.1, 0.15) is 0 Å². The molecule has 0 bridgehead atoms. The first-order valence-corrected chi connectivity index (χ1v) is 6.30. The van der Waals surface area contributed by atoms with Gasteiger partial charge >= 0.3 is 13.9 Å². The standard InChI is InChI=1S/C9H10FN2O6P/c1-4-7(18-19(15)16)6(10)8(17-4)12-3-2-5(13)11-9(12)14/h2-4,6-8H,1H3,(H-,11,13,14,15,16)/p+1/i1D. The predicted molar refractivity (Wildman–Crippen MR) is 60.5 cm³/mol. The lowest BCUT2D eigenvalue weighted by atomic mass is 10.2. The molecule has 0 aliphatic carbocycles. The molecule has 0 radical (unpaired) electrons. The summed E-state index contributed by atoms with van der Waals surface area (Å²) >= 11 is 0. The van der Waals surface area contributed by atoms with Gasteiger partial charge in [0.05, 0.1) is 6.10 Å². The molecule has 1 aromatic heterocycles. The molecule has 5 atom stereocenters. The molecule has 0 aromatic carbocycles. The van der Waals surface area contributed by atoms with Crippen molar-refractivity contribution in [1.29, 1.82) is 0 Å². The van der Waals surface area contributed by atoms with Crippen molar-refractivity contribution in [1.82, 2.24) is 9.55 Å². The molecule has 0 amide bonds. The van der Waals surface area contributed by atoms with E-state index in [2.05, 4.69) is 4.52 Å². The Bertz CT molecular complexity index is 621. The fraction of sp³-hybridized carbons (Fsp3) is 0.556. The van der Waals surface area contributed by atoms with Gasteiger partial charge in [-0.25, -0.2) is 9.18 Å². The van der Waals surface area contributed by atoms with Crippen LogP contribution in [-0.2, 0) is 13.8 Å². The highest BCUT2D eigenvalue weighted by Gasteiger charge is 2.49. The Morgan fingerprint density at radius 1 is 1.68 bits per heavy atom. The molecule has 1 saturated heterocycles. The first-order chi connectivity index (χ1) is 9.43. The minimum absolute atomic E-state index is 0.414. The number of H-pyrrole nitrogens is 1. The fourth-order valence-corrected chi connectivity index (χ4v) is 2.24. The van der Waals surface area contributed by atoms with Crippen LogP contribution in [-0.4, -0.2) is 32.8 Å². The largest absolute Gasteiger partial charge is 0.695 e. The predicted octanol–water partition coefficient (Wildman–Crippen LogP) is -0.173. The minimum atomic E-state index is -3.07. The quantitative estimate of drug-likeness (QED) is 0.749. The summed E-state index contributed by atoms with van der Waals surface area (Å²) in [5, 5.41) is 0. The molecule has 1 aliphatic rings. The number of nitrogens with zero attached hydrogens (tertiary/aromatic N) is 1. The maximum Gasteiger partial charge on any atom is 0.695 e.